The van der Waals surface area contributed by atoms with Crippen LogP contribution in [0.5, 0.6) is 0 Å². The molecule has 14 nitrogen and oxygen atoms in total. The van der Waals surface area contributed by atoms with E-state index in [1.165, 1.54) is 0 Å². The molecule has 2 fully saturated rings. The van der Waals surface area contributed by atoms with Crippen molar-refractivity contribution in [3.05, 3.63) is 11.9 Å². The molecule has 2 aliphatic rings. The fourth-order valence-electron chi connectivity index (χ4n) is 4.19. The van der Waals surface area contributed by atoms with Gasteiger partial charge in [-0.15, -0.1) is 5.10 Å². The molecule has 5 atom stereocenters. The molecule has 2 saturated heterocycles. The molecule has 1 amide bonds. The summed E-state index contributed by atoms with van der Waals surface area (Å²) in [6.07, 6.45) is 0.683. The first-order chi connectivity index (χ1) is 18.9. The van der Waals surface area contributed by atoms with Crippen LogP contribution in [-0.2, 0) is 51.1 Å². The van der Waals surface area contributed by atoms with Gasteiger partial charge >= 0.3 is 0 Å². The summed E-state index contributed by atoms with van der Waals surface area (Å²) in [4.78, 5) is 11.4. The predicted octanol–water partition coefficient (Wildman–Crippen LogP) is -0.739. The fraction of sp³-hybridized carbons (Fsp3) is 0.880. The zero-order valence-corrected chi connectivity index (χ0v) is 23.0. The van der Waals surface area contributed by atoms with Gasteiger partial charge in [-0.3, -0.25) is 4.79 Å². The van der Waals surface area contributed by atoms with Crippen LogP contribution in [0.1, 0.15) is 32.4 Å². The topological polar surface area (TPSA) is 165 Å². The second-order valence-corrected chi connectivity index (χ2v) is 9.67. The minimum atomic E-state index is -1.06. The Morgan fingerprint density at radius 2 is 1.77 bits per heavy atom. The first-order valence-corrected chi connectivity index (χ1v) is 13.6. The van der Waals surface area contributed by atoms with E-state index in [1.807, 2.05) is 13.1 Å². The van der Waals surface area contributed by atoms with E-state index < -0.39 is 24.1 Å². The van der Waals surface area contributed by atoms with Crippen LogP contribution in [0.3, 0.4) is 0 Å². The Balaban J connectivity index is 1.09. The van der Waals surface area contributed by atoms with Crippen molar-refractivity contribution in [2.75, 3.05) is 72.6 Å². The van der Waals surface area contributed by atoms with Crippen LogP contribution in [0.15, 0.2) is 6.20 Å². The standard InChI is InChI=1S/C25H44N4O10/c1-3-4-21(30)26-5-7-36-16-20-15-29(28-27-20)6-8-33-9-10-34-11-12-35-13-14-37-17-25-18-38-24(39-25)19(2)22(31)23(25)32/h15,19,22-24,31-32H,3-14,16-18H2,1-2H3,(H,26,30)/t19-,22-,23-,24+,25+/m1/s1. The molecule has 0 aliphatic carbocycles. The van der Waals surface area contributed by atoms with Gasteiger partial charge in [-0.25, -0.2) is 4.68 Å². The number of hydrogen-bond acceptors (Lipinski definition) is 12. The van der Waals surface area contributed by atoms with Crippen LogP contribution in [0, 0.1) is 5.92 Å². The monoisotopic (exact) mass is 560 g/mol. The highest BCUT2D eigenvalue weighted by molar-refractivity contribution is 5.75. The summed E-state index contributed by atoms with van der Waals surface area (Å²) in [6.45, 7) is 8.79. The molecule has 1 aromatic heterocycles. The normalized spacial score (nSPS) is 26.3. The molecule has 2 bridgehead atoms. The Bertz CT molecular complexity index is 831. The zero-order chi connectivity index (χ0) is 27.9. The number of fused-ring (bicyclic) bond motifs is 2. The highest BCUT2D eigenvalue weighted by atomic mass is 16.7. The van der Waals surface area contributed by atoms with Gasteiger partial charge in [0, 0.05) is 18.9 Å². The summed E-state index contributed by atoms with van der Waals surface area (Å²) in [7, 11) is 0. The summed E-state index contributed by atoms with van der Waals surface area (Å²) in [6, 6.07) is 0. The second-order valence-electron chi connectivity index (χ2n) is 9.67. The number of aliphatic hydroxyl groups is 2. The number of nitrogens with one attached hydrogen (secondary N) is 1. The molecule has 39 heavy (non-hydrogen) atoms. The van der Waals surface area contributed by atoms with Gasteiger partial charge in [-0.05, 0) is 6.42 Å². The quantitative estimate of drug-likeness (QED) is 0.162. The molecule has 2 aliphatic heterocycles. The molecule has 0 radical (unpaired) electrons. The summed E-state index contributed by atoms with van der Waals surface area (Å²) < 4.78 is 40.7. The van der Waals surface area contributed by atoms with Gasteiger partial charge in [0.1, 0.15) is 17.4 Å². The molecule has 3 heterocycles. The third kappa shape index (κ3) is 10.3. The summed E-state index contributed by atoms with van der Waals surface area (Å²) in [5.74, 6) is -0.253. The van der Waals surface area contributed by atoms with Crippen LogP contribution < -0.4 is 5.32 Å². The number of carbonyl (C=O) groups excluding carboxylic acids is 1. The number of ether oxygens (including phenoxy) is 7. The molecule has 0 saturated carbocycles. The number of hydrogen-bond donors (Lipinski definition) is 3. The summed E-state index contributed by atoms with van der Waals surface area (Å²) in [5.41, 5.74) is -0.308. The number of nitrogens with zero attached hydrogens (tertiary/aromatic N) is 3. The van der Waals surface area contributed by atoms with Crippen molar-refractivity contribution in [3.8, 4) is 0 Å². The smallest absolute Gasteiger partial charge is 0.220 e. The molecular weight excluding hydrogens is 516 g/mol. The number of carbonyl (C=O) groups is 1. The number of aromatic nitrogens is 3. The lowest BCUT2D eigenvalue weighted by atomic mass is 9.86. The lowest BCUT2D eigenvalue weighted by molar-refractivity contribution is -0.248. The minimum absolute atomic E-state index is 0.0379. The van der Waals surface area contributed by atoms with E-state index in [-0.39, 0.29) is 25.0 Å². The Labute approximate surface area is 229 Å². The SMILES string of the molecule is CCCC(=O)NCCOCc1cn(CCOCCOCCOCCOC[C@@]23CO[C@@H](O2)[C@H](C)[C@@H](O)[C@H]3O)nn1. The maximum absolute atomic E-state index is 11.4. The van der Waals surface area contributed by atoms with E-state index in [0.29, 0.717) is 79.0 Å². The van der Waals surface area contributed by atoms with Crippen LogP contribution >= 0.6 is 0 Å². The first-order valence-electron chi connectivity index (χ1n) is 13.6. The van der Waals surface area contributed by atoms with Gasteiger partial charge in [0.05, 0.1) is 91.5 Å². The van der Waals surface area contributed by atoms with Crippen LogP contribution in [0.4, 0.5) is 0 Å². The first kappa shape index (κ1) is 31.8. The van der Waals surface area contributed by atoms with E-state index in [9.17, 15) is 15.0 Å². The van der Waals surface area contributed by atoms with Crippen LogP contribution in [0.25, 0.3) is 0 Å². The lowest BCUT2D eigenvalue weighted by Gasteiger charge is -2.41. The van der Waals surface area contributed by atoms with Gasteiger partial charge < -0.3 is 48.7 Å². The van der Waals surface area contributed by atoms with E-state index in [0.717, 1.165) is 12.1 Å². The molecule has 0 spiro atoms. The maximum Gasteiger partial charge on any atom is 0.220 e. The third-order valence-electron chi connectivity index (χ3n) is 6.48. The van der Waals surface area contributed by atoms with Crippen molar-refractivity contribution >= 4 is 5.91 Å². The van der Waals surface area contributed by atoms with Gasteiger partial charge in [-0.2, -0.15) is 0 Å². The van der Waals surface area contributed by atoms with Gasteiger partial charge in [0.2, 0.25) is 5.91 Å². The molecule has 14 heteroatoms. The highest BCUT2D eigenvalue weighted by Gasteiger charge is 2.57. The van der Waals surface area contributed by atoms with Gasteiger partial charge in [0.15, 0.2) is 6.29 Å². The number of amides is 1. The molecule has 3 N–H and O–H groups in total. The fourth-order valence-corrected chi connectivity index (χ4v) is 4.19. The lowest BCUT2D eigenvalue weighted by Crippen LogP contribution is -2.60. The Kier molecular flexibility index (Phi) is 14.0. The zero-order valence-electron chi connectivity index (χ0n) is 23.0. The van der Waals surface area contributed by atoms with E-state index in [1.54, 1.807) is 11.6 Å². The van der Waals surface area contributed by atoms with E-state index >= 15 is 0 Å². The third-order valence-corrected chi connectivity index (χ3v) is 6.48. The summed E-state index contributed by atoms with van der Waals surface area (Å²) in [5, 5.41) is 31.4. The summed E-state index contributed by atoms with van der Waals surface area (Å²) >= 11 is 0. The molecule has 3 rings (SSSR count). The van der Waals surface area contributed by atoms with Crippen molar-refractivity contribution in [2.24, 2.45) is 5.92 Å². The number of aliphatic hydroxyl groups excluding tert-OH is 2. The molecule has 0 unspecified atom stereocenters. The van der Waals surface area contributed by atoms with Gasteiger partial charge in [0.25, 0.3) is 0 Å². The Morgan fingerprint density at radius 3 is 2.49 bits per heavy atom. The largest absolute Gasteiger partial charge is 0.390 e. The average Bonchev–Trinajstić information content (AvgIpc) is 3.56. The Hall–Kier alpha value is -1.75. The predicted molar refractivity (Wildman–Crippen MR) is 136 cm³/mol. The van der Waals surface area contributed by atoms with Crippen LogP contribution in [0.2, 0.25) is 0 Å². The van der Waals surface area contributed by atoms with Crippen molar-refractivity contribution in [1.29, 1.82) is 0 Å². The highest BCUT2D eigenvalue weighted by Crippen LogP contribution is 2.39. The van der Waals surface area contributed by atoms with Crippen molar-refractivity contribution in [1.82, 2.24) is 20.3 Å². The van der Waals surface area contributed by atoms with Crippen molar-refractivity contribution < 1.29 is 48.2 Å². The Morgan fingerprint density at radius 1 is 1.08 bits per heavy atom. The minimum Gasteiger partial charge on any atom is -0.390 e. The molecule has 0 aromatic carbocycles. The van der Waals surface area contributed by atoms with E-state index in [2.05, 4.69) is 15.6 Å². The molecular formula is C25H44N4O10. The van der Waals surface area contributed by atoms with Crippen molar-refractivity contribution in [2.45, 2.75) is 63.9 Å². The second kappa shape index (κ2) is 17.1. The van der Waals surface area contributed by atoms with Gasteiger partial charge in [-0.1, -0.05) is 19.1 Å². The van der Waals surface area contributed by atoms with Crippen molar-refractivity contribution in [3.63, 3.8) is 0 Å². The molecule has 1 aromatic rings. The average molecular weight is 561 g/mol. The van der Waals surface area contributed by atoms with E-state index in [4.69, 9.17) is 33.2 Å². The maximum atomic E-state index is 11.4. The molecule has 224 valence electrons. The van der Waals surface area contributed by atoms with Crippen LogP contribution in [-0.4, -0.2) is 128 Å². The number of rotatable bonds is 21.